The maximum atomic E-state index is 6.50. The number of benzene rings is 7. The number of thiophene rings is 1. The number of rotatable bonds is 5. The van der Waals surface area contributed by atoms with Crippen molar-refractivity contribution < 1.29 is 4.42 Å². The Balaban J connectivity index is 1.13. The molecule has 3 nitrogen and oxygen atoms in total. The summed E-state index contributed by atoms with van der Waals surface area (Å²) in [6, 6.07) is 59.7. The largest absolute Gasteiger partial charge is 0.452 e. The number of hydrogen-bond donors (Lipinski definition) is 0. The van der Waals surface area contributed by atoms with E-state index in [1.165, 1.54) is 36.9 Å². The van der Waals surface area contributed by atoms with Crippen molar-refractivity contribution in [3.63, 3.8) is 0 Å². The third kappa shape index (κ3) is 4.80. The van der Waals surface area contributed by atoms with E-state index < -0.39 is 0 Å². The van der Waals surface area contributed by atoms with E-state index in [-0.39, 0.29) is 0 Å². The summed E-state index contributed by atoms with van der Waals surface area (Å²) in [5.74, 6) is 0.667. The van der Waals surface area contributed by atoms with Gasteiger partial charge >= 0.3 is 0 Å². The minimum absolute atomic E-state index is 0.667. The molecule has 0 fully saturated rings. The molecular formula is C46H28N2OS. The van der Waals surface area contributed by atoms with Crippen molar-refractivity contribution in [3.05, 3.63) is 170 Å². The molecule has 3 heterocycles. The molecule has 0 aliphatic heterocycles. The standard InChI is InChI=1S/C46H28N2OS/c1-2-12-29(13-3-1)30-14-8-15-31(26-30)32-16-9-18-34(27-32)42-44-43(39-21-4-6-24-40(39)49-44)48-46(47-42)35-19-10-17-33(28-35)36-22-11-23-38-37-20-5-7-25-41(37)50-45(36)38/h1-28H. The number of fused-ring (bicyclic) bond motifs is 6. The van der Waals surface area contributed by atoms with Gasteiger partial charge in [-0.05, 0) is 69.8 Å². The number of aromatic nitrogens is 2. The average molecular weight is 657 g/mol. The van der Waals surface area contributed by atoms with E-state index in [1.807, 2.05) is 35.6 Å². The summed E-state index contributed by atoms with van der Waals surface area (Å²) in [6.45, 7) is 0. The van der Waals surface area contributed by atoms with Gasteiger partial charge in [0.1, 0.15) is 16.8 Å². The maximum absolute atomic E-state index is 6.50. The zero-order chi connectivity index (χ0) is 33.0. The van der Waals surface area contributed by atoms with E-state index in [0.29, 0.717) is 11.4 Å². The lowest BCUT2D eigenvalue weighted by Gasteiger charge is -2.10. The molecule has 0 bridgehead atoms. The third-order valence-electron chi connectivity index (χ3n) is 9.49. The van der Waals surface area contributed by atoms with Gasteiger partial charge in [0, 0.05) is 36.7 Å². The van der Waals surface area contributed by atoms with E-state index >= 15 is 0 Å². The van der Waals surface area contributed by atoms with Crippen molar-refractivity contribution in [2.24, 2.45) is 0 Å². The Hall–Kier alpha value is -6.36. The lowest BCUT2D eigenvalue weighted by atomic mass is 9.97. The van der Waals surface area contributed by atoms with Crippen LogP contribution in [0.15, 0.2) is 174 Å². The molecule has 50 heavy (non-hydrogen) atoms. The number of furan rings is 1. The second-order valence-electron chi connectivity index (χ2n) is 12.6. The Labute approximate surface area is 292 Å². The van der Waals surface area contributed by atoms with Crippen LogP contribution in [0, 0.1) is 0 Å². The summed E-state index contributed by atoms with van der Waals surface area (Å²) in [7, 11) is 0. The Morgan fingerprint density at radius 1 is 0.420 bits per heavy atom. The van der Waals surface area contributed by atoms with Gasteiger partial charge in [0.2, 0.25) is 0 Å². The van der Waals surface area contributed by atoms with Gasteiger partial charge in [-0.25, -0.2) is 9.97 Å². The lowest BCUT2D eigenvalue weighted by Crippen LogP contribution is -1.94. The molecule has 0 unspecified atom stereocenters. The first kappa shape index (κ1) is 28.6. The highest BCUT2D eigenvalue weighted by Crippen LogP contribution is 2.41. The van der Waals surface area contributed by atoms with E-state index in [1.54, 1.807) is 0 Å². The third-order valence-corrected chi connectivity index (χ3v) is 10.7. The molecule has 10 rings (SSSR count). The van der Waals surface area contributed by atoms with Crippen LogP contribution in [-0.2, 0) is 0 Å². The molecule has 0 saturated heterocycles. The number of hydrogen-bond acceptors (Lipinski definition) is 4. The van der Waals surface area contributed by atoms with Gasteiger partial charge in [0.05, 0.1) is 0 Å². The SMILES string of the molecule is c1ccc(-c2cccc(-c3cccc(-c4nc(-c5cccc(-c6cccc7c6sc6ccccc67)c5)nc5c4oc4ccccc45)c3)c2)cc1. The van der Waals surface area contributed by atoms with Crippen LogP contribution in [0.5, 0.6) is 0 Å². The predicted molar refractivity (Wildman–Crippen MR) is 209 cm³/mol. The van der Waals surface area contributed by atoms with Crippen LogP contribution in [0.4, 0.5) is 0 Å². The van der Waals surface area contributed by atoms with Gasteiger partial charge in [0.25, 0.3) is 0 Å². The van der Waals surface area contributed by atoms with Crippen LogP contribution < -0.4 is 0 Å². The normalized spacial score (nSPS) is 11.6. The van der Waals surface area contributed by atoms with Gasteiger partial charge in [-0.3, -0.25) is 0 Å². The molecule has 4 heteroatoms. The molecule has 0 aliphatic rings. The minimum Gasteiger partial charge on any atom is -0.452 e. The van der Waals surface area contributed by atoms with Gasteiger partial charge in [0.15, 0.2) is 11.4 Å². The fourth-order valence-corrected chi connectivity index (χ4v) is 8.31. The zero-order valence-electron chi connectivity index (χ0n) is 26.9. The number of nitrogens with zero attached hydrogens (tertiary/aromatic N) is 2. The summed E-state index contributed by atoms with van der Waals surface area (Å²) in [5.41, 5.74) is 12.0. The summed E-state index contributed by atoms with van der Waals surface area (Å²) < 4.78 is 9.08. The Bertz CT molecular complexity index is 2880. The van der Waals surface area contributed by atoms with E-state index in [4.69, 9.17) is 14.4 Å². The first-order chi connectivity index (χ1) is 24.8. The second kappa shape index (κ2) is 11.7. The van der Waals surface area contributed by atoms with Crippen molar-refractivity contribution in [2.75, 3.05) is 0 Å². The molecule has 10 aromatic rings. The summed E-state index contributed by atoms with van der Waals surface area (Å²) in [4.78, 5) is 10.4. The first-order valence-electron chi connectivity index (χ1n) is 16.7. The van der Waals surface area contributed by atoms with Gasteiger partial charge in [-0.2, -0.15) is 0 Å². The molecule has 0 radical (unpaired) electrons. The fraction of sp³-hybridized carbons (Fsp3) is 0. The maximum Gasteiger partial charge on any atom is 0.180 e. The van der Waals surface area contributed by atoms with Crippen molar-refractivity contribution in [1.82, 2.24) is 9.97 Å². The van der Waals surface area contributed by atoms with Gasteiger partial charge in [-0.1, -0.05) is 133 Å². The molecule has 7 aromatic carbocycles. The molecule has 0 N–H and O–H groups in total. The highest BCUT2D eigenvalue weighted by atomic mass is 32.1. The Morgan fingerprint density at radius 3 is 1.84 bits per heavy atom. The molecule has 0 aliphatic carbocycles. The highest BCUT2D eigenvalue weighted by Gasteiger charge is 2.19. The van der Waals surface area contributed by atoms with Crippen molar-refractivity contribution in [1.29, 1.82) is 0 Å². The minimum atomic E-state index is 0.667. The van der Waals surface area contributed by atoms with Crippen molar-refractivity contribution >= 4 is 53.6 Å². The topological polar surface area (TPSA) is 38.9 Å². The average Bonchev–Trinajstić information content (AvgIpc) is 3.77. The smallest absolute Gasteiger partial charge is 0.180 e. The molecule has 0 saturated carbocycles. The molecule has 3 aromatic heterocycles. The lowest BCUT2D eigenvalue weighted by molar-refractivity contribution is 0.667. The molecule has 0 spiro atoms. The van der Waals surface area contributed by atoms with Gasteiger partial charge in [-0.15, -0.1) is 11.3 Å². The summed E-state index contributed by atoms with van der Waals surface area (Å²) >= 11 is 1.84. The number of para-hydroxylation sites is 1. The van der Waals surface area contributed by atoms with E-state index in [9.17, 15) is 0 Å². The van der Waals surface area contributed by atoms with E-state index in [2.05, 4.69) is 146 Å². The molecule has 234 valence electrons. The van der Waals surface area contributed by atoms with Crippen LogP contribution in [0.3, 0.4) is 0 Å². The Morgan fingerprint density at radius 2 is 1.00 bits per heavy atom. The zero-order valence-corrected chi connectivity index (χ0v) is 27.7. The van der Waals surface area contributed by atoms with Crippen LogP contribution in [0.25, 0.3) is 98.3 Å². The first-order valence-corrected chi connectivity index (χ1v) is 17.6. The molecule has 0 amide bonds. The van der Waals surface area contributed by atoms with Gasteiger partial charge < -0.3 is 4.42 Å². The molecule has 0 atom stereocenters. The second-order valence-corrected chi connectivity index (χ2v) is 13.6. The van der Waals surface area contributed by atoms with Crippen LogP contribution in [0.2, 0.25) is 0 Å². The summed E-state index contributed by atoms with van der Waals surface area (Å²) in [5, 5.41) is 3.56. The summed E-state index contributed by atoms with van der Waals surface area (Å²) in [6.07, 6.45) is 0. The van der Waals surface area contributed by atoms with Crippen LogP contribution in [0.1, 0.15) is 0 Å². The predicted octanol–water partition coefficient (Wildman–Crippen LogP) is 13.1. The van der Waals surface area contributed by atoms with Crippen molar-refractivity contribution in [3.8, 4) is 56.0 Å². The monoisotopic (exact) mass is 656 g/mol. The van der Waals surface area contributed by atoms with Crippen LogP contribution >= 0.6 is 11.3 Å². The van der Waals surface area contributed by atoms with Crippen molar-refractivity contribution in [2.45, 2.75) is 0 Å². The molecular weight excluding hydrogens is 629 g/mol. The van der Waals surface area contributed by atoms with E-state index in [0.717, 1.165) is 50.0 Å². The fourth-order valence-electron chi connectivity index (χ4n) is 7.07. The Kier molecular flexibility index (Phi) is 6.68. The highest BCUT2D eigenvalue weighted by molar-refractivity contribution is 7.26. The van der Waals surface area contributed by atoms with Crippen LogP contribution in [-0.4, -0.2) is 9.97 Å². The quantitative estimate of drug-likeness (QED) is 0.185.